The number of hydrogen-bond donors (Lipinski definition) is 4. The van der Waals surface area contributed by atoms with Crippen LogP contribution in [0.5, 0.6) is 0 Å². The molecule has 58 heavy (non-hydrogen) atoms. The Balaban J connectivity index is 0.000000192. The maximum atomic E-state index is 12.2. The number of aromatic amines is 2. The molecule has 0 aliphatic rings. The fraction of sp³-hybridized carbons (Fsp3) is 0.0952. The van der Waals surface area contributed by atoms with Gasteiger partial charge in [-0.25, -0.2) is 9.97 Å². The lowest BCUT2D eigenvalue weighted by Gasteiger charge is -2.03. The van der Waals surface area contributed by atoms with Crippen LogP contribution in [-0.4, -0.2) is 42.9 Å². The molecule has 294 valence electrons. The number of anilines is 2. The third kappa shape index (κ3) is 9.84. The lowest BCUT2D eigenvalue weighted by Crippen LogP contribution is -2.15. The van der Waals surface area contributed by atoms with Crippen molar-refractivity contribution in [1.82, 2.24) is 19.9 Å². The summed E-state index contributed by atoms with van der Waals surface area (Å²) in [7, 11) is 0. The number of nitrogens with zero attached hydrogens (tertiary/aromatic N) is 4. The fourth-order valence-corrected chi connectivity index (χ4v) is 7.66. The second-order valence-corrected chi connectivity index (χ2v) is 15.8. The van der Waals surface area contributed by atoms with Gasteiger partial charge in [-0.2, -0.15) is 10.2 Å². The summed E-state index contributed by atoms with van der Waals surface area (Å²) in [5.74, 6) is -0.234. The molecular formula is C42H34Cl4N8O2S2. The highest BCUT2D eigenvalue weighted by molar-refractivity contribution is 7.14. The first kappa shape index (κ1) is 42.3. The van der Waals surface area contributed by atoms with Gasteiger partial charge in [0, 0.05) is 81.9 Å². The Bertz CT molecular complexity index is 2820. The molecule has 0 saturated heterocycles. The number of carbonyl (C=O) groups is 2. The summed E-state index contributed by atoms with van der Waals surface area (Å²) in [5.41, 5.74) is 13.5. The number of carbonyl (C=O) groups excluding carboxylic acids is 2. The lowest BCUT2D eigenvalue weighted by molar-refractivity contribution is -0.111. The summed E-state index contributed by atoms with van der Waals surface area (Å²) in [6.45, 7) is 3.00. The average molecular weight is 889 g/mol. The van der Waals surface area contributed by atoms with E-state index < -0.39 is 0 Å². The van der Waals surface area contributed by atoms with Crippen LogP contribution in [0.4, 0.5) is 10.3 Å². The van der Waals surface area contributed by atoms with E-state index in [2.05, 4.69) is 41.0 Å². The summed E-state index contributed by atoms with van der Waals surface area (Å²) in [5, 5.41) is 17.5. The van der Waals surface area contributed by atoms with Crippen LogP contribution in [0.1, 0.15) is 32.4 Å². The number of halogens is 4. The van der Waals surface area contributed by atoms with Gasteiger partial charge in [0.2, 0.25) is 10.3 Å². The van der Waals surface area contributed by atoms with E-state index in [9.17, 15) is 9.59 Å². The zero-order chi connectivity index (χ0) is 40.1. The number of hydrogen-bond acceptors (Lipinski definition) is 10. The molecule has 8 rings (SSSR count). The number of thiazole rings is 2. The summed E-state index contributed by atoms with van der Waals surface area (Å²) >= 11 is 26.9. The number of benzene rings is 4. The summed E-state index contributed by atoms with van der Waals surface area (Å²) in [6, 6.07) is 26.4. The van der Waals surface area contributed by atoms with Gasteiger partial charge in [0.25, 0.3) is 0 Å². The number of hydrazone groups is 2. The smallest absolute Gasteiger partial charge is 0.203 e. The summed E-state index contributed by atoms with van der Waals surface area (Å²) in [6.07, 6.45) is 4.13. The zero-order valence-corrected chi connectivity index (χ0v) is 34.7. The van der Waals surface area contributed by atoms with E-state index in [4.69, 9.17) is 46.4 Å². The topological polar surface area (TPSA) is 140 Å². The van der Waals surface area contributed by atoms with Crippen LogP contribution in [-0.2, 0) is 16.0 Å². The molecule has 0 bridgehead atoms. The van der Waals surface area contributed by atoms with E-state index in [1.807, 2.05) is 77.6 Å². The second-order valence-electron chi connectivity index (χ2n) is 12.5. The van der Waals surface area contributed by atoms with Crippen molar-refractivity contribution in [2.24, 2.45) is 10.2 Å². The van der Waals surface area contributed by atoms with E-state index in [1.165, 1.54) is 36.5 Å². The van der Waals surface area contributed by atoms with Gasteiger partial charge in [0.05, 0.1) is 31.5 Å². The Kier molecular flexibility index (Phi) is 13.8. The van der Waals surface area contributed by atoms with Gasteiger partial charge in [0.1, 0.15) is 11.4 Å². The number of aromatic nitrogens is 4. The van der Waals surface area contributed by atoms with Gasteiger partial charge in [-0.05, 0) is 42.0 Å². The standard InChI is InChI=1S/C21H16Cl2N4OS.C20H14Cl2N4OS.CH4/c1-12(28)19(9-14-10-24-18-5-3-2-4-15(14)18)26-27-21-25-20(11-29-21)13-6-7-16(22)17(23)8-13;1-11(27)19(14-9-23-17-5-3-2-4-13(14)17)25-26-20-24-18(10-28-20)12-6-7-15(21)16(22)8-12;/h2-8,10-11,24H,9H2,1H3,(H,25,27);2-10,23H,1H3,(H,24,26);1H4/b26-19-;25-19+;. The number of fused-ring (bicyclic) bond motifs is 2. The van der Waals surface area contributed by atoms with E-state index >= 15 is 0 Å². The minimum Gasteiger partial charge on any atom is -0.361 e. The second kappa shape index (κ2) is 18.9. The predicted octanol–water partition coefficient (Wildman–Crippen LogP) is 12.8. The van der Waals surface area contributed by atoms with Crippen molar-refractivity contribution in [2.75, 3.05) is 10.9 Å². The van der Waals surface area contributed by atoms with Crippen LogP contribution >= 0.6 is 69.1 Å². The third-order valence-corrected chi connectivity index (χ3v) is 11.6. The van der Waals surface area contributed by atoms with Crippen LogP contribution < -0.4 is 10.9 Å². The third-order valence-electron chi connectivity index (χ3n) is 8.61. The van der Waals surface area contributed by atoms with Crippen LogP contribution in [0.25, 0.3) is 44.3 Å². The van der Waals surface area contributed by atoms with E-state index in [0.717, 1.165) is 55.4 Å². The highest BCUT2D eigenvalue weighted by Crippen LogP contribution is 2.32. The molecule has 0 radical (unpaired) electrons. The predicted molar refractivity (Wildman–Crippen MR) is 245 cm³/mol. The number of nitrogens with one attached hydrogen (secondary N) is 4. The SMILES string of the molecule is C.CC(=O)/C(=N\Nc1nc(-c2ccc(Cl)c(Cl)c2)cs1)c1c[nH]c2ccccc12.CC(=O)/C(Cc1c[nH]c2ccccc12)=N\Nc1nc(-c2ccc(Cl)c(Cl)c2)cs1. The molecule has 4 heterocycles. The Morgan fingerprint density at radius 3 is 1.72 bits per heavy atom. The van der Waals surface area contributed by atoms with Crippen LogP contribution in [0.2, 0.25) is 20.1 Å². The maximum Gasteiger partial charge on any atom is 0.203 e. The van der Waals surface area contributed by atoms with Crippen molar-refractivity contribution in [3.05, 3.63) is 139 Å². The van der Waals surface area contributed by atoms with Gasteiger partial charge in [-0.15, -0.1) is 22.7 Å². The number of H-pyrrole nitrogens is 2. The molecule has 16 heteroatoms. The highest BCUT2D eigenvalue weighted by atomic mass is 35.5. The maximum absolute atomic E-state index is 12.2. The van der Waals surface area contributed by atoms with Crippen molar-refractivity contribution >= 4 is 124 Å². The lowest BCUT2D eigenvalue weighted by atomic mass is 10.1. The molecule has 0 spiro atoms. The van der Waals surface area contributed by atoms with Crippen molar-refractivity contribution in [3.63, 3.8) is 0 Å². The Hall–Kier alpha value is -5.34. The van der Waals surface area contributed by atoms with E-state index in [-0.39, 0.29) is 19.0 Å². The normalized spacial score (nSPS) is 11.6. The van der Waals surface area contributed by atoms with Crippen molar-refractivity contribution in [1.29, 1.82) is 0 Å². The first-order valence-electron chi connectivity index (χ1n) is 17.2. The molecule has 0 amide bonds. The van der Waals surface area contributed by atoms with Gasteiger partial charge in [-0.3, -0.25) is 20.4 Å². The number of para-hydroxylation sites is 2. The molecule has 0 unspecified atom stereocenters. The Morgan fingerprint density at radius 2 is 1.17 bits per heavy atom. The van der Waals surface area contributed by atoms with Gasteiger partial charge < -0.3 is 9.97 Å². The molecule has 0 atom stereocenters. The minimum absolute atomic E-state index is 0. The molecular weight excluding hydrogens is 854 g/mol. The Morgan fingerprint density at radius 1 is 0.655 bits per heavy atom. The van der Waals surface area contributed by atoms with Crippen LogP contribution in [0, 0.1) is 0 Å². The molecule has 4 N–H and O–H groups in total. The average Bonchev–Trinajstić information content (AvgIpc) is 4.03. The fourth-order valence-electron chi connectivity index (χ4n) is 5.74. The summed E-state index contributed by atoms with van der Waals surface area (Å²) in [4.78, 5) is 39.7. The first-order chi connectivity index (χ1) is 27.5. The van der Waals surface area contributed by atoms with Crippen LogP contribution in [0.15, 0.2) is 118 Å². The molecule has 10 nitrogen and oxygen atoms in total. The van der Waals surface area contributed by atoms with Gasteiger partial charge in [0.15, 0.2) is 11.6 Å². The van der Waals surface area contributed by atoms with E-state index in [0.29, 0.717) is 48.2 Å². The minimum atomic E-state index is -0.140. The highest BCUT2D eigenvalue weighted by Gasteiger charge is 2.16. The molecule has 0 aliphatic heterocycles. The molecule has 8 aromatic rings. The largest absolute Gasteiger partial charge is 0.361 e. The van der Waals surface area contributed by atoms with Crippen LogP contribution in [0.3, 0.4) is 0 Å². The van der Waals surface area contributed by atoms with Gasteiger partial charge >= 0.3 is 0 Å². The van der Waals surface area contributed by atoms with E-state index in [1.54, 1.807) is 30.5 Å². The van der Waals surface area contributed by atoms with Gasteiger partial charge in [-0.1, -0.05) is 102 Å². The zero-order valence-electron chi connectivity index (χ0n) is 30.0. The first-order valence-corrected chi connectivity index (χ1v) is 20.4. The molecule has 0 fully saturated rings. The Labute approximate surface area is 362 Å². The summed E-state index contributed by atoms with van der Waals surface area (Å²) < 4.78 is 0. The van der Waals surface area contributed by atoms with Crippen molar-refractivity contribution in [3.8, 4) is 22.5 Å². The number of ketones is 2. The van der Waals surface area contributed by atoms with Crippen molar-refractivity contribution in [2.45, 2.75) is 27.7 Å². The molecule has 4 aromatic carbocycles. The monoisotopic (exact) mass is 886 g/mol. The number of Topliss-reactive ketones (excluding diaryl/α,β-unsaturated/α-hetero) is 2. The molecule has 0 aliphatic carbocycles. The molecule has 4 aromatic heterocycles. The number of rotatable bonds is 11. The quantitative estimate of drug-likeness (QED) is 0.0753. The molecule has 0 saturated carbocycles. The van der Waals surface area contributed by atoms with Crippen molar-refractivity contribution < 1.29 is 9.59 Å².